The third kappa shape index (κ3) is 3.19. The van der Waals surface area contributed by atoms with Crippen molar-refractivity contribution in [2.45, 2.75) is 38.8 Å². The van der Waals surface area contributed by atoms with Crippen molar-refractivity contribution in [1.29, 1.82) is 0 Å². The second kappa shape index (κ2) is 3.41. The predicted molar refractivity (Wildman–Crippen MR) is 46.0 cm³/mol. The molecule has 4 heteroatoms. The van der Waals surface area contributed by atoms with Gasteiger partial charge in [-0.1, -0.05) is 0 Å². The lowest BCUT2D eigenvalue weighted by molar-refractivity contribution is -0.146. The van der Waals surface area contributed by atoms with E-state index in [1.165, 1.54) is 6.92 Å². The van der Waals surface area contributed by atoms with Crippen LogP contribution in [0.3, 0.4) is 0 Å². The van der Waals surface area contributed by atoms with Gasteiger partial charge in [-0.25, -0.2) is 0 Å². The molecule has 3 N–H and O–H groups in total. The second-order valence-electron chi connectivity index (χ2n) is 4.17. The summed E-state index contributed by atoms with van der Waals surface area (Å²) in [7, 11) is 0. The van der Waals surface area contributed by atoms with E-state index in [1.54, 1.807) is 0 Å². The molecule has 12 heavy (non-hydrogen) atoms. The van der Waals surface area contributed by atoms with Crippen LogP contribution in [-0.2, 0) is 4.79 Å². The minimum Gasteiger partial charge on any atom is -0.480 e. The average Bonchev–Trinajstić information content (AvgIpc) is 1.83. The highest BCUT2D eigenvalue weighted by Crippen LogP contribution is 2.10. The van der Waals surface area contributed by atoms with Crippen LogP contribution in [0.5, 0.6) is 0 Å². The largest absolute Gasteiger partial charge is 0.480 e. The van der Waals surface area contributed by atoms with Gasteiger partial charge in [0, 0.05) is 5.54 Å². The van der Waals surface area contributed by atoms with Gasteiger partial charge in [-0.2, -0.15) is 0 Å². The van der Waals surface area contributed by atoms with Gasteiger partial charge in [0.25, 0.3) is 0 Å². The predicted octanol–water partition coefficient (Wildman–Crippen LogP) is 0.210. The van der Waals surface area contributed by atoms with E-state index in [1.807, 2.05) is 20.8 Å². The average molecular weight is 175 g/mol. The van der Waals surface area contributed by atoms with Gasteiger partial charge in [-0.05, 0) is 27.7 Å². The summed E-state index contributed by atoms with van der Waals surface area (Å²) >= 11 is 0. The number of hydrogen-bond acceptors (Lipinski definition) is 3. The lowest BCUT2D eigenvalue weighted by Crippen LogP contribution is -2.59. The Hall–Kier alpha value is -0.610. The van der Waals surface area contributed by atoms with Gasteiger partial charge in [-0.3, -0.25) is 10.1 Å². The van der Waals surface area contributed by atoms with Crippen molar-refractivity contribution in [2.24, 2.45) is 0 Å². The maximum atomic E-state index is 10.7. The topological polar surface area (TPSA) is 69.6 Å². The second-order valence-corrected chi connectivity index (χ2v) is 4.17. The molecule has 1 atom stereocenters. The van der Waals surface area contributed by atoms with Gasteiger partial charge in [0.05, 0.1) is 6.61 Å². The third-order valence-electron chi connectivity index (χ3n) is 1.44. The smallest absolute Gasteiger partial charge is 0.326 e. The number of hydrogen-bond donors (Lipinski definition) is 3. The van der Waals surface area contributed by atoms with Crippen LogP contribution in [0.2, 0.25) is 0 Å². The minimum atomic E-state index is -1.25. The van der Waals surface area contributed by atoms with Crippen molar-refractivity contribution in [3.63, 3.8) is 0 Å². The fraction of sp³-hybridized carbons (Fsp3) is 0.875. The van der Waals surface area contributed by atoms with Crippen molar-refractivity contribution in [1.82, 2.24) is 5.32 Å². The molecule has 0 aliphatic carbocycles. The van der Waals surface area contributed by atoms with E-state index >= 15 is 0 Å². The Morgan fingerprint density at radius 1 is 1.33 bits per heavy atom. The molecular formula is C8H17NO3. The highest BCUT2D eigenvalue weighted by atomic mass is 16.4. The Bertz CT molecular complexity index is 174. The molecule has 0 radical (unpaired) electrons. The lowest BCUT2D eigenvalue weighted by Gasteiger charge is -2.32. The summed E-state index contributed by atoms with van der Waals surface area (Å²) in [6.07, 6.45) is 0. The molecule has 0 rings (SSSR count). The molecule has 0 aromatic rings. The van der Waals surface area contributed by atoms with Crippen LogP contribution in [0.1, 0.15) is 27.7 Å². The lowest BCUT2D eigenvalue weighted by atomic mass is 9.98. The summed E-state index contributed by atoms with van der Waals surface area (Å²) in [5, 5.41) is 20.5. The summed E-state index contributed by atoms with van der Waals surface area (Å²) in [5.74, 6) is -1.04. The maximum Gasteiger partial charge on any atom is 0.326 e. The Morgan fingerprint density at radius 3 is 1.83 bits per heavy atom. The maximum absolute atomic E-state index is 10.7. The number of aliphatic hydroxyl groups excluding tert-OH is 1. The van der Waals surface area contributed by atoms with Crippen molar-refractivity contribution in [2.75, 3.05) is 6.61 Å². The quantitative estimate of drug-likeness (QED) is 0.573. The zero-order valence-corrected chi connectivity index (χ0v) is 8.01. The Labute approximate surface area is 72.6 Å². The van der Waals surface area contributed by atoms with Crippen molar-refractivity contribution < 1.29 is 15.0 Å². The summed E-state index contributed by atoms with van der Waals surface area (Å²) in [4.78, 5) is 10.7. The van der Waals surface area contributed by atoms with E-state index in [-0.39, 0.29) is 5.54 Å². The molecule has 0 aliphatic heterocycles. The van der Waals surface area contributed by atoms with Gasteiger partial charge in [0.1, 0.15) is 5.54 Å². The number of nitrogens with one attached hydrogen (secondary N) is 1. The van der Waals surface area contributed by atoms with E-state index < -0.39 is 18.1 Å². The Balaban J connectivity index is 4.46. The Kier molecular flexibility index (Phi) is 3.24. The first-order valence-electron chi connectivity index (χ1n) is 3.85. The number of carboxylic acid groups (broad SMARTS) is 1. The van der Waals surface area contributed by atoms with Gasteiger partial charge in [-0.15, -0.1) is 0 Å². The van der Waals surface area contributed by atoms with Crippen LogP contribution >= 0.6 is 0 Å². The summed E-state index contributed by atoms with van der Waals surface area (Å²) in [6.45, 7) is 6.59. The minimum absolute atomic E-state index is 0.324. The first kappa shape index (κ1) is 11.4. The number of rotatable bonds is 3. The van der Waals surface area contributed by atoms with E-state index in [2.05, 4.69) is 5.32 Å². The summed E-state index contributed by atoms with van der Waals surface area (Å²) in [5.41, 5.74) is -1.58. The zero-order valence-electron chi connectivity index (χ0n) is 8.01. The first-order chi connectivity index (χ1) is 5.21. The van der Waals surface area contributed by atoms with Crippen LogP contribution in [-0.4, -0.2) is 33.9 Å². The highest BCUT2D eigenvalue weighted by molar-refractivity contribution is 5.78. The number of carbonyl (C=O) groups is 1. The van der Waals surface area contributed by atoms with Crippen molar-refractivity contribution >= 4 is 5.97 Å². The third-order valence-corrected chi connectivity index (χ3v) is 1.44. The van der Waals surface area contributed by atoms with Gasteiger partial charge in [0.2, 0.25) is 0 Å². The SMILES string of the molecule is CC(C)(C)N[C@@](C)(CO)C(=O)O. The molecule has 0 heterocycles. The van der Waals surface area contributed by atoms with Gasteiger partial charge < -0.3 is 10.2 Å². The van der Waals surface area contributed by atoms with E-state index in [4.69, 9.17) is 10.2 Å². The van der Waals surface area contributed by atoms with Crippen LogP contribution < -0.4 is 5.32 Å². The summed E-state index contributed by atoms with van der Waals surface area (Å²) < 4.78 is 0. The first-order valence-corrected chi connectivity index (χ1v) is 3.85. The van der Waals surface area contributed by atoms with Crippen LogP contribution in [0.25, 0.3) is 0 Å². The fourth-order valence-corrected chi connectivity index (χ4v) is 0.988. The molecular weight excluding hydrogens is 158 g/mol. The molecule has 0 unspecified atom stereocenters. The van der Waals surface area contributed by atoms with Crippen LogP contribution in [0.4, 0.5) is 0 Å². The number of carboxylic acids is 1. The zero-order chi connectivity index (χ0) is 9.99. The van der Waals surface area contributed by atoms with Crippen LogP contribution in [0.15, 0.2) is 0 Å². The van der Waals surface area contributed by atoms with E-state index in [9.17, 15) is 4.79 Å². The molecule has 4 nitrogen and oxygen atoms in total. The molecule has 0 saturated carbocycles. The molecule has 72 valence electrons. The molecule has 0 saturated heterocycles. The molecule has 0 spiro atoms. The monoisotopic (exact) mass is 175 g/mol. The molecule has 0 bridgehead atoms. The fourth-order valence-electron chi connectivity index (χ4n) is 0.988. The number of aliphatic hydroxyl groups is 1. The van der Waals surface area contributed by atoms with Gasteiger partial charge >= 0.3 is 5.97 Å². The van der Waals surface area contributed by atoms with Crippen molar-refractivity contribution in [3.8, 4) is 0 Å². The normalized spacial score (nSPS) is 17.1. The number of aliphatic carboxylic acids is 1. The molecule has 0 aromatic heterocycles. The van der Waals surface area contributed by atoms with Crippen molar-refractivity contribution in [3.05, 3.63) is 0 Å². The molecule has 0 aromatic carbocycles. The summed E-state index contributed by atoms with van der Waals surface area (Å²) in [6, 6.07) is 0. The molecule has 0 aliphatic rings. The molecule has 0 amide bonds. The van der Waals surface area contributed by atoms with Crippen LogP contribution in [0, 0.1) is 0 Å². The van der Waals surface area contributed by atoms with Gasteiger partial charge in [0.15, 0.2) is 0 Å². The van der Waals surface area contributed by atoms with E-state index in [0.717, 1.165) is 0 Å². The molecule has 0 fully saturated rings. The van der Waals surface area contributed by atoms with E-state index in [0.29, 0.717) is 0 Å². The Morgan fingerprint density at radius 2 is 1.75 bits per heavy atom. The highest BCUT2D eigenvalue weighted by Gasteiger charge is 2.35. The standard InChI is InChI=1S/C8H17NO3/c1-7(2,3)9-8(4,5-10)6(11)12/h9-10H,5H2,1-4H3,(H,11,12)/t8-/m0/s1.